The Hall–Kier alpha value is -1.33. The molecule has 0 spiro atoms. The topological polar surface area (TPSA) is 68.7 Å². The number of pyridine rings is 1. The maximum atomic E-state index is 10.7. The highest BCUT2D eigenvalue weighted by molar-refractivity contribution is 6.32. The molecule has 1 N–H and O–H groups in total. The monoisotopic (exact) mass is 257 g/mol. The van der Waals surface area contributed by atoms with Crippen LogP contribution in [0, 0.1) is 5.92 Å². The minimum atomic E-state index is -1.06. The van der Waals surface area contributed by atoms with Crippen molar-refractivity contribution in [3.63, 3.8) is 0 Å². The van der Waals surface area contributed by atoms with E-state index in [0.29, 0.717) is 19.1 Å². The minimum absolute atomic E-state index is 0.0477. The SMILES string of the molecule is O=C(O)c1cnc(OCC2CCOC2)c(Cl)c1. The Bertz CT molecular complexity index is 418. The molecule has 0 aromatic carbocycles. The van der Waals surface area contributed by atoms with E-state index >= 15 is 0 Å². The first-order chi connectivity index (χ1) is 8.16. The first-order valence-electron chi connectivity index (χ1n) is 5.26. The number of carboxylic acid groups (broad SMARTS) is 1. The predicted molar refractivity (Wildman–Crippen MR) is 60.6 cm³/mol. The van der Waals surface area contributed by atoms with Crippen molar-refractivity contribution in [1.29, 1.82) is 0 Å². The van der Waals surface area contributed by atoms with Gasteiger partial charge in [-0.25, -0.2) is 9.78 Å². The quantitative estimate of drug-likeness (QED) is 0.891. The summed E-state index contributed by atoms with van der Waals surface area (Å²) in [5.41, 5.74) is 0.0477. The molecule has 0 aliphatic carbocycles. The van der Waals surface area contributed by atoms with E-state index in [4.69, 9.17) is 26.2 Å². The van der Waals surface area contributed by atoms with E-state index in [9.17, 15) is 4.79 Å². The fraction of sp³-hybridized carbons (Fsp3) is 0.455. The van der Waals surface area contributed by atoms with E-state index in [0.717, 1.165) is 13.0 Å². The highest BCUT2D eigenvalue weighted by Gasteiger charge is 2.17. The molecule has 17 heavy (non-hydrogen) atoms. The van der Waals surface area contributed by atoms with E-state index in [1.807, 2.05) is 0 Å². The Labute approximate surface area is 103 Å². The van der Waals surface area contributed by atoms with Crippen LogP contribution in [0.5, 0.6) is 5.88 Å². The maximum Gasteiger partial charge on any atom is 0.337 e. The van der Waals surface area contributed by atoms with Crippen molar-refractivity contribution in [2.45, 2.75) is 6.42 Å². The van der Waals surface area contributed by atoms with Gasteiger partial charge in [0.05, 0.1) is 18.8 Å². The van der Waals surface area contributed by atoms with Gasteiger partial charge >= 0.3 is 5.97 Å². The normalized spacial score (nSPS) is 19.2. The molecule has 2 rings (SSSR count). The second-order valence-electron chi connectivity index (χ2n) is 3.86. The lowest BCUT2D eigenvalue weighted by atomic mass is 10.1. The Morgan fingerprint density at radius 3 is 3.12 bits per heavy atom. The first kappa shape index (κ1) is 12.1. The number of aromatic carboxylic acids is 1. The van der Waals surface area contributed by atoms with Crippen molar-refractivity contribution in [2.75, 3.05) is 19.8 Å². The van der Waals surface area contributed by atoms with E-state index in [2.05, 4.69) is 4.98 Å². The van der Waals surface area contributed by atoms with Gasteiger partial charge in [0.1, 0.15) is 5.02 Å². The van der Waals surface area contributed by atoms with Gasteiger partial charge in [0.25, 0.3) is 0 Å². The van der Waals surface area contributed by atoms with Gasteiger partial charge in [-0.15, -0.1) is 0 Å². The molecule has 92 valence electrons. The average Bonchev–Trinajstić information content (AvgIpc) is 2.80. The van der Waals surface area contributed by atoms with Gasteiger partial charge in [0.2, 0.25) is 5.88 Å². The van der Waals surface area contributed by atoms with Gasteiger partial charge in [-0.1, -0.05) is 11.6 Å². The van der Waals surface area contributed by atoms with Gasteiger partial charge in [0.15, 0.2) is 0 Å². The van der Waals surface area contributed by atoms with Crippen LogP contribution < -0.4 is 4.74 Å². The molecule has 1 atom stereocenters. The molecule has 1 aromatic heterocycles. The van der Waals surface area contributed by atoms with Crippen molar-refractivity contribution in [3.05, 3.63) is 22.8 Å². The summed E-state index contributed by atoms with van der Waals surface area (Å²) in [5, 5.41) is 8.96. The minimum Gasteiger partial charge on any atom is -0.478 e. The van der Waals surface area contributed by atoms with Gasteiger partial charge in [0, 0.05) is 18.7 Å². The predicted octanol–water partition coefficient (Wildman–Crippen LogP) is 1.85. The van der Waals surface area contributed by atoms with Gasteiger partial charge in [-0.05, 0) is 12.5 Å². The summed E-state index contributed by atoms with van der Waals surface area (Å²) in [5.74, 6) is -0.439. The third kappa shape index (κ3) is 3.08. The second-order valence-corrected chi connectivity index (χ2v) is 4.26. The van der Waals surface area contributed by atoms with Crippen LogP contribution in [0.4, 0.5) is 0 Å². The summed E-state index contributed by atoms with van der Waals surface area (Å²) < 4.78 is 10.7. The summed E-state index contributed by atoms with van der Waals surface area (Å²) in [6.45, 7) is 1.93. The number of ether oxygens (including phenoxy) is 2. The van der Waals surface area contributed by atoms with Crippen LogP contribution in [0.15, 0.2) is 12.3 Å². The summed E-state index contributed by atoms with van der Waals surface area (Å²) in [6, 6.07) is 1.33. The Morgan fingerprint density at radius 2 is 2.53 bits per heavy atom. The average molecular weight is 258 g/mol. The first-order valence-corrected chi connectivity index (χ1v) is 5.64. The zero-order valence-electron chi connectivity index (χ0n) is 9.06. The Kier molecular flexibility index (Phi) is 3.81. The molecule has 1 fully saturated rings. The molecule has 5 nitrogen and oxygen atoms in total. The van der Waals surface area contributed by atoms with Gasteiger partial charge in [-0.3, -0.25) is 0 Å². The van der Waals surface area contributed by atoms with Crippen LogP contribution in [-0.4, -0.2) is 35.9 Å². The van der Waals surface area contributed by atoms with Crippen LogP contribution in [0.25, 0.3) is 0 Å². The molecule has 0 bridgehead atoms. The number of halogens is 1. The standard InChI is InChI=1S/C11H12ClNO4/c12-9-3-8(11(14)15)4-13-10(9)17-6-7-1-2-16-5-7/h3-4,7H,1-2,5-6H2,(H,14,15). The van der Waals surface area contributed by atoms with Crippen molar-refractivity contribution >= 4 is 17.6 Å². The number of hydrogen-bond donors (Lipinski definition) is 1. The van der Waals surface area contributed by atoms with E-state index in [-0.39, 0.29) is 16.5 Å². The smallest absolute Gasteiger partial charge is 0.337 e. The van der Waals surface area contributed by atoms with Crippen molar-refractivity contribution in [3.8, 4) is 5.88 Å². The number of rotatable bonds is 4. The van der Waals surface area contributed by atoms with E-state index < -0.39 is 5.97 Å². The molecule has 2 heterocycles. The molecule has 0 saturated carbocycles. The fourth-order valence-electron chi connectivity index (χ4n) is 1.56. The molecule has 0 radical (unpaired) electrons. The van der Waals surface area contributed by atoms with Gasteiger partial charge < -0.3 is 14.6 Å². The van der Waals surface area contributed by atoms with E-state index in [1.54, 1.807) is 0 Å². The molecular formula is C11H12ClNO4. The largest absolute Gasteiger partial charge is 0.478 e. The third-order valence-electron chi connectivity index (χ3n) is 2.53. The molecular weight excluding hydrogens is 246 g/mol. The van der Waals surface area contributed by atoms with Crippen LogP contribution in [0.1, 0.15) is 16.8 Å². The number of hydrogen-bond acceptors (Lipinski definition) is 4. The number of carboxylic acids is 1. The Balaban J connectivity index is 1.98. The Morgan fingerprint density at radius 1 is 1.71 bits per heavy atom. The molecule has 0 amide bonds. The maximum absolute atomic E-state index is 10.7. The van der Waals surface area contributed by atoms with Crippen molar-refractivity contribution in [2.24, 2.45) is 5.92 Å². The summed E-state index contributed by atoms with van der Waals surface area (Å²) in [4.78, 5) is 14.6. The molecule has 6 heteroatoms. The fourth-order valence-corrected chi connectivity index (χ4v) is 1.78. The summed E-state index contributed by atoms with van der Waals surface area (Å²) in [7, 11) is 0. The number of carbonyl (C=O) groups is 1. The molecule has 1 aliphatic heterocycles. The van der Waals surface area contributed by atoms with Gasteiger partial charge in [-0.2, -0.15) is 0 Å². The highest BCUT2D eigenvalue weighted by Crippen LogP contribution is 2.24. The summed E-state index contributed by atoms with van der Waals surface area (Å²) in [6.07, 6.45) is 2.19. The molecule has 1 aromatic rings. The highest BCUT2D eigenvalue weighted by atomic mass is 35.5. The summed E-state index contributed by atoms with van der Waals surface area (Å²) >= 11 is 5.88. The van der Waals surface area contributed by atoms with Crippen molar-refractivity contribution in [1.82, 2.24) is 4.98 Å². The molecule has 1 aliphatic rings. The lowest BCUT2D eigenvalue weighted by Gasteiger charge is -2.10. The lowest BCUT2D eigenvalue weighted by molar-refractivity contribution is 0.0696. The van der Waals surface area contributed by atoms with Crippen LogP contribution in [-0.2, 0) is 4.74 Å². The van der Waals surface area contributed by atoms with Crippen LogP contribution >= 0.6 is 11.6 Å². The molecule has 1 unspecified atom stereocenters. The van der Waals surface area contributed by atoms with Crippen molar-refractivity contribution < 1.29 is 19.4 Å². The van der Waals surface area contributed by atoms with Crippen LogP contribution in [0.3, 0.4) is 0 Å². The van der Waals surface area contributed by atoms with Crippen LogP contribution in [0.2, 0.25) is 5.02 Å². The second kappa shape index (κ2) is 5.33. The number of nitrogens with zero attached hydrogens (tertiary/aromatic N) is 1. The third-order valence-corrected chi connectivity index (χ3v) is 2.80. The van der Waals surface area contributed by atoms with E-state index in [1.165, 1.54) is 12.3 Å². The zero-order chi connectivity index (χ0) is 12.3. The molecule has 1 saturated heterocycles. The zero-order valence-corrected chi connectivity index (χ0v) is 9.81. The number of aromatic nitrogens is 1. The lowest BCUT2D eigenvalue weighted by Crippen LogP contribution is -2.12.